The molecule has 9 heteroatoms. The first-order valence-corrected chi connectivity index (χ1v) is 9.55. The van der Waals surface area contributed by atoms with Crippen molar-refractivity contribution in [3.63, 3.8) is 0 Å². The number of benzene rings is 2. The Balaban J connectivity index is 2.09. The summed E-state index contributed by atoms with van der Waals surface area (Å²) in [6.45, 7) is 3.81. The van der Waals surface area contributed by atoms with Crippen molar-refractivity contribution in [1.29, 1.82) is 0 Å². The quantitative estimate of drug-likeness (QED) is 0.381. The van der Waals surface area contributed by atoms with E-state index in [0.29, 0.717) is 27.7 Å². The van der Waals surface area contributed by atoms with Crippen molar-refractivity contribution in [2.45, 2.75) is 19.9 Å². The van der Waals surface area contributed by atoms with Crippen LogP contribution in [0, 0.1) is 5.82 Å². The zero-order valence-corrected chi connectivity index (χ0v) is 16.6. The lowest BCUT2D eigenvalue weighted by Gasteiger charge is -2.11. The van der Waals surface area contributed by atoms with E-state index in [9.17, 15) is 19.1 Å². The molecular weight excluding hydrogens is 413 g/mol. The Kier molecular flexibility index (Phi) is 3.85. The monoisotopic (exact) mass is 427 g/mol. The first-order valence-electron chi connectivity index (χ1n) is 9.18. The molecule has 0 aliphatic rings. The highest BCUT2D eigenvalue weighted by atomic mass is 35.5. The number of nitrogens with one attached hydrogen (secondary N) is 2. The van der Waals surface area contributed by atoms with E-state index < -0.39 is 17.0 Å². The van der Waals surface area contributed by atoms with Crippen molar-refractivity contribution >= 4 is 44.7 Å². The average molecular weight is 428 g/mol. The number of halogens is 2. The predicted octanol–water partition coefficient (Wildman–Crippen LogP) is 4.66. The molecule has 0 saturated heterocycles. The zero-order chi connectivity index (χ0) is 21.3. The Morgan fingerprint density at radius 1 is 1.17 bits per heavy atom. The first kappa shape index (κ1) is 18.5. The van der Waals surface area contributed by atoms with Gasteiger partial charge < -0.3 is 14.5 Å². The second kappa shape index (κ2) is 6.24. The van der Waals surface area contributed by atoms with Crippen LogP contribution in [-0.4, -0.2) is 19.9 Å². The minimum absolute atomic E-state index is 0.00610. The molecular formula is C21H15ClFN3O4. The molecule has 2 aromatic carbocycles. The molecule has 5 aromatic rings. The van der Waals surface area contributed by atoms with Gasteiger partial charge >= 0.3 is 0 Å². The van der Waals surface area contributed by atoms with Crippen LogP contribution in [0.3, 0.4) is 0 Å². The molecule has 0 bridgehead atoms. The Labute approximate surface area is 172 Å². The predicted molar refractivity (Wildman–Crippen MR) is 113 cm³/mol. The molecule has 0 unspecified atom stereocenters. The number of phenolic OH excluding ortho intramolecular Hbond substituents is 1. The van der Waals surface area contributed by atoms with E-state index in [1.807, 2.05) is 13.8 Å². The smallest absolute Gasteiger partial charge is 0.274 e. The van der Waals surface area contributed by atoms with Gasteiger partial charge in [-0.3, -0.25) is 19.4 Å². The molecule has 3 aromatic heterocycles. The van der Waals surface area contributed by atoms with Crippen LogP contribution in [0.4, 0.5) is 4.39 Å². The van der Waals surface area contributed by atoms with Crippen LogP contribution in [0.1, 0.15) is 19.9 Å². The molecule has 0 fully saturated rings. The van der Waals surface area contributed by atoms with Crippen molar-refractivity contribution in [3.05, 3.63) is 61.7 Å². The molecule has 7 nitrogen and oxygen atoms in total. The van der Waals surface area contributed by atoms with Crippen molar-refractivity contribution in [2.75, 3.05) is 0 Å². The van der Waals surface area contributed by atoms with Gasteiger partial charge in [-0.15, -0.1) is 0 Å². The van der Waals surface area contributed by atoms with Gasteiger partial charge in [0.1, 0.15) is 11.5 Å². The van der Waals surface area contributed by atoms with Crippen LogP contribution < -0.4 is 11.0 Å². The molecule has 0 saturated carbocycles. The highest BCUT2D eigenvalue weighted by Gasteiger charge is 2.25. The van der Waals surface area contributed by atoms with Gasteiger partial charge in [0, 0.05) is 22.6 Å². The highest BCUT2D eigenvalue weighted by Crippen LogP contribution is 2.42. The number of aromatic amines is 2. The molecule has 0 aliphatic heterocycles. The molecule has 5 rings (SSSR count). The topological polar surface area (TPSA) is 104 Å². The third-order valence-electron chi connectivity index (χ3n) is 5.16. The van der Waals surface area contributed by atoms with E-state index in [2.05, 4.69) is 10.1 Å². The molecule has 3 N–H and O–H groups in total. The maximum Gasteiger partial charge on any atom is 0.274 e. The minimum atomic E-state index is -0.586. The van der Waals surface area contributed by atoms with Gasteiger partial charge in [-0.1, -0.05) is 11.6 Å². The Hall–Kier alpha value is -3.52. The number of aromatic hydroxyl groups is 1. The second-order valence-corrected chi connectivity index (χ2v) is 7.75. The fourth-order valence-electron chi connectivity index (χ4n) is 3.80. The van der Waals surface area contributed by atoms with E-state index in [1.165, 1.54) is 24.3 Å². The summed E-state index contributed by atoms with van der Waals surface area (Å²) >= 11 is 6.33. The number of pyridine rings is 1. The summed E-state index contributed by atoms with van der Waals surface area (Å²) in [6.07, 6.45) is 0. The van der Waals surface area contributed by atoms with Gasteiger partial charge in [0.25, 0.3) is 5.56 Å². The average Bonchev–Trinajstić information content (AvgIpc) is 3.22. The van der Waals surface area contributed by atoms with Crippen molar-refractivity contribution in [1.82, 2.24) is 14.8 Å². The largest absolute Gasteiger partial charge is 0.502 e. The number of aromatic nitrogens is 3. The normalized spacial score (nSPS) is 12.0. The van der Waals surface area contributed by atoms with E-state index in [0.717, 1.165) is 6.07 Å². The zero-order valence-electron chi connectivity index (χ0n) is 15.8. The van der Waals surface area contributed by atoms with Crippen molar-refractivity contribution in [3.8, 4) is 16.9 Å². The van der Waals surface area contributed by atoms with Crippen molar-refractivity contribution in [2.24, 2.45) is 0 Å². The van der Waals surface area contributed by atoms with Gasteiger partial charge in [-0.25, -0.2) is 4.39 Å². The minimum Gasteiger partial charge on any atom is -0.502 e. The number of H-pyrrole nitrogens is 2. The van der Waals surface area contributed by atoms with Crippen LogP contribution >= 0.6 is 11.6 Å². The fraction of sp³-hybridized carbons (Fsp3) is 0.143. The SMILES string of the molecule is CC(C)n1[nH]c(=O)c2c(-c3ccc(F)cc3Cl)c3oc4c(O)c(=O)ccc4c3[nH]c21. The fourth-order valence-corrected chi connectivity index (χ4v) is 4.06. The summed E-state index contributed by atoms with van der Waals surface area (Å²) in [5.74, 6) is -1.05. The lowest BCUT2D eigenvalue weighted by atomic mass is 10.0. The number of nitrogens with zero attached hydrogens (tertiary/aromatic N) is 1. The number of furan rings is 1. The van der Waals surface area contributed by atoms with Crippen LogP contribution in [0.25, 0.3) is 44.2 Å². The molecule has 152 valence electrons. The Bertz CT molecular complexity index is 1610. The standard InChI is InChI=1S/C21H15ClFN3O4/c1-8(2)26-20-15(21(29)25-26)14(10-4-3-9(23)7-12(10)22)19-16(24-20)11-5-6-13(27)17(28)18(11)30-19/h3-8,24,28H,1-2H3,(H,25,29). The van der Waals surface area contributed by atoms with Crippen LogP contribution in [0.2, 0.25) is 5.02 Å². The number of phenols is 1. The number of hydrogen-bond acceptors (Lipinski definition) is 4. The van der Waals surface area contributed by atoms with Crippen LogP contribution in [-0.2, 0) is 0 Å². The molecule has 0 spiro atoms. The van der Waals surface area contributed by atoms with E-state index in [-0.39, 0.29) is 33.2 Å². The molecule has 0 atom stereocenters. The number of rotatable bonds is 2. The van der Waals surface area contributed by atoms with Crippen molar-refractivity contribution < 1.29 is 13.9 Å². The lowest BCUT2D eigenvalue weighted by Crippen LogP contribution is -2.07. The van der Waals surface area contributed by atoms with Crippen LogP contribution in [0.5, 0.6) is 5.75 Å². The maximum absolute atomic E-state index is 13.7. The third kappa shape index (κ3) is 2.43. The third-order valence-corrected chi connectivity index (χ3v) is 5.47. The summed E-state index contributed by atoms with van der Waals surface area (Å²) in [4.78, 5) is 28.0. The van der Waals surface area contributed by atoms with Gasteiger partial charge in [0.2, 0.25) is 11.2 Å². The lowest BCUT2D eigenvalue weighted by molar-refractivity contribution is 0.464. The summed E-state index contributed by atoms with van der Waals surface area (Å²) < 4.78 is 21.2. The van der Waals surface area contributed by atoms with Gasteiger partial charge in [-0.05, 0) is 44.2 Å². The number of fused-ring (bicyclic) bond motifs is 4. The van der Waals surface area contributed by atoms with E-state index >= 15 is 0 Å². The van der Waals surface area contributed by atoms with Crippen LogP contribution in [0.15, 0.2) is 44.3 Å². The number of hydrogen-bond donors (Lipinski definition) is 3. The van der Waals surface area contributed by atoms with E-state index in [1.54, 1.807) is 4.68 Å². The summed E-state index contributed by atoms with van der Waals surface area (Å²) in [5, 5.41) is 13.9. The summed E-state index contributed by atoms with van der Waals surface area (Å²) in [5.41, 5.74) is 0.913. The van der Waals surface area contributed by atoms with Gasteiger partial charge in [-0.2, -0.15) is 0 Å². The molecule has 0 aliphatic carbocycles. The van der Waals surface area contributed by atoms with E-state index in [4.69, 9.17) is 16.0 Å². The molecule has 0 amide bonds. The van der Waals surface area contributed by atoms with Gasteiger partial charge in [0.05, 0.1) is 15.9 Å². The maximum atomic E-state index is 13.7. The summed E-state index contributed by atoms with van der Waals surface area (Å²) in [7, 11) is 0. The molecule has 3 heterocycles. The first-order chi connectivity index (χ1) is 14.3. The second-order valence-electron chi connectivity index (χ2n) is 7.35. The Morgan fingerprint density at radius 2 is 1.93 bits per heavy atom. The Morgan fingerprint density at radius 3 is 2.63 bits per heavy atom. The molecule has 30 heavy (non-hydrogen) atoms. The molecule has 0 radical (unpaired) electrons. The highest BCUT2D eigenvalue weighted by molar-refractivity contribution is 6.34. The summed E-state index contributed by atoms with van der Waals surface area (Å²) in [6, 6.07) is 6.53. The van der Waals surface area contributed by atoms with Gasteiger partial charge in [0.15, 0.2) is 11.2 Å².